The van der Waals surface area contributed by atoms with Gasteiger partial charge in [0, 0.05) is 6.54 Å². The van der Waals surface area contributed by atoms with E-state index in [0.717, 1.165) is 6.42 Å². The molecule has 15 heavy (non-hydrogen) atoms. The quantitative estimate of drug-likeness (QED) is 0.723. The van der Waals surface area contributed by atoms with E-state index in [9.17, 15) is 9.18 Å². The molecule has 0 aliphatic carbocycles. The Morgan fingerprint density at radius 1 is 1.53 bits per heavy atom. The predicted molar refractivity (Wildman–Crippen MR) is 55.4 cm³/mol. The van der Waals surface area contributed by atoms with Gasteiger partial charge in [0.25, 0.3) is 0 Å². The maximum atomic E-state index is 13.4. The number of benzene rings is 1. The van der Waals surface area contributed by atoms with Crippen LogP contribution >= 0.6 is 0 Å². The molecule has 0 saturated heterocycles. The topological polar surface area (TPSA) is 34.9 Å². The monoisotopic (exact) mass is 206 g/mol. The molecule has 0 unspecified atom stereocenters. The molecule has 0 bridgehead atoms. The Balaban J connectivity index is 2.74. The molecule has 1 aromatic carbocycles. The number of rotatable bonds is 3. The van der Waals surface area contributed by atoms with E-state index in [4.69, 9.17) is 0 Å². The number of imidazole rings is 1. The molecule has 0 radical (unpaired) electrons. The lowest BCUT2D eigenvalue weighted by Crippen LogP contribution is -2.01. The van der Waals surface area contributed by atoms with E-state index < -0.39 is 0 Å². The first kappa shape index (κ1) is 9.83. The summed E-state index contributed by atoms with van der Waals surface area (Å²) in [6, 6.07) is 4.74. The van der Waals surface area contributed by atoms with Crippen LogP contribution in [-0.4, -0.2) is 15.8 Å². The van der Waals surface area contributed by atoms with Gasteiger partial charge in [-0.05, 0) is 18.6 Å². The number of hydrogen-bond acceptors (Lipinski definition) is 2. The summed E-state index contributed by atoms with van der Waals surface area (Å²) in [7, 11) is 0. The summed E-state index contributed by atoms with van der Waals surface area (Å²) in [4.78, 5) is 14.7. The highest BCUT2D eigenvalue weighted by molar-refractivity contribution is 5.83. The van der Waals surface area contributed by atoms with Crippen molar-refractivity contribution in [1.82, 2.24) is 9.55 Å². The summed E-state index contributed by atoms with van der Waals surface area (Å²) >= 11 is 0. The number of nitrogens with zero attached hydrogens (tertiary/aromatic N) is 2. The zero-order chi connectivity index (χ0) is 10.8. The summed E-state index contributed by atoms with van der Waals surface area (Å²) in [5.74, 6) is -0.0950. The van der Waals surface area contributed by atoms with Crippen LogP contribution in [0.3, 0.4) is 0 Å². The Kier molecular flexibility index (Phi) is 2.49. The van der Waals surface area contributed by atoms with E-state index in [1.807, 2.05) is 6.92 Å². The average Bonchev–Trinajstić information content (AvgIpc) is 2.59. The van der Waals surface area contributed by atoms with Crippen molar-refractivity contribution in [2.45, 2.75) is 19.9 Å². The van der Waals surface area contributed by atoms with E-state index in [0.29, 0.717) is 18.3 Å². The van der Waals surface area contributed by atoms with Gasteiger partial charge in [-0.3, -0.25) is 4.79 Å². The summed E-state index contributed by atoms with van der Waals surface area (Å²) in [6.07, 6.45) is 1.54. The molecule has 0 fully saturated rings. The number of hydrogen-bond donors (Lipinski definition) is 0. The highest BCUT2D eigenvalue weighted by Gasteiger charge is 2.11. The molecular formula is C11H11FN2O. The largest absolute Gasteiger partial charge is 0.322 e. The number of aldehydes is 1. The second-order valence-electron chi connectivity index (χ2n) is 3.35. The van der Waals surface area contributed by atoms with Gasteiger partial charge in [-0.1, -0.05) is 13.0 Å². The van der Waals surface area contributed by atoms with Crippen molar-refractivity contribution in [1.29, 1.82) is 0 Å². The Morgan fingerprint density at radius 2 is 2.33 bits per heavy atom. The number of carbonyl (C=O) groups excluding carboxylic acids is 1. The Hall–Kier alpha value is -1.71. The van der Waals surface area contributed by atoms with Gasteiger partial charge in [0.2, 0.25) is 0 Å². The Bertz CT molecular complexity index is 505. The molecule has 1 aromatic heterocycles. The van der Waals surface area contributed by atoms with Crippen molar-refractivity contribution in [2.75, 3.05) is 0 Å². The van der Waals surface area contributed by atoms with E-state index in [1.165, 1.54) is 6.07 Å². The fourth-order valence-electron chi connectivity index (χ4n) is 1.68. The highest BCUT2D eigenvalue weighted by Crippen LogP contribution is 2.18. The zero-order valence-corrected chi connectivity index (χ0v) is 8.40. The molecule has 1 heterocycles. The first-order valence-corrected chi connectivity index (χ1v) is 4.88. The molecular weight excluding hydrogens is 195 g/mol. The molecule has 3 nitrogen and oxygen atoms in total. The van der Waals surface area contributed by atoms with Gasteiger partial charge in [-0.15, -0.1) is 0 Å². The van der Waals surface area contributed by atoms with E-state index in [-0.39, 0.29) is 17.2 Å². The van der Waals surface area contributed by atoms with Gasteiger partial charge < -0.3 is 4.57 Å². The zero-order valence-electron chi connectivity index (χ0n) is 8.40. The molecule has 0 spiro atoms. The SMILES string of the molecule is CCCn1c(C=O)nc2c(F)cccc21. The minimum atomic E-state index is -0.384. The van der Waals surface area contributed by atoms with Gasteiger partial charge in [0.1, 0.15) is 5.52 Å². The molecule has 4 heteroatoms. The highest BCUT2D eigenvalue weighted by atomic mass is 19.1. The standard InChI is InChI=1S/C11H11FN2O/c1-2-6-14-9-5-3-4-8(12)11(9)13-10(14)7-15/h3-5,7H,2,6H2,1H3. The van der Waals surface area contributed by atoms with E-state index >= 15 is 0 Å². The lowest BCUT2D eigenvalue weighted by atomic mass is 10.3. The molecule has 78 valence electrons. The lowest BCUT2D eigenvalue weighted by molar-refractivity contribution is 0.111. The number of para-hydroxylation sites is 1. The first-order chi connectivity index (χ1) is 7.27. The van der Waals surface area contributed by atoms with Gasteiger partial charge in [0.05, 0.1) is 5.52 Å². The molecule has 0 aliphatic rings. The smallest absolute Gasteiger partial charge is 0.185 e. The summed E-state index contributed by atoms with van der Waals surface area (Å²) in [5.41, 5.74) is 0.951. The lowest BCUT2D eigenvalue weighted by Gasteiger charge is -2.02. The van der Waals surface area contributed by atoms with Crippen molar-refractivity contribution in [3.05, 3.63) is 29.8 Å². The van der Waals surface area contributed by atoms with Crippen molar-refractivity contribution in [3.63, 3.8) is 0 Å². The first-order valence-electron chi connectivity index (χ1n) is 4.88. The van der Waals surface area contributed by atoms with E-state index in [2.05, 4.69) is 4.98 Å². The average molecular weight is 206 g/mol. The van der Waals surface area contributed by atoms with Crippen LogP contribution in [-0.2, 0) is 6.54 Å². The third kappa shape index (κ3) is 1.52. The number of carbonyl (C=O) groups is 1. The van der Waals surface area contributed by atoms with E-state index in [1.54, 1.807) is 16.7 Å². The maximum absolute atomic E-state index is 13.4. The minimum absolute atomic E-state index is 0.271. The summed E-state index contributed by atoms with van der Waals surface area (Å²) in [5, 5.41) is 0. The third-order valence-electron chi connectivity index (χ3n) is 2.31. The fraction of sp³-hybridized carbons (Fsp3) is 0.273. The molecule has 0 N–H and O–H groups in total. The fourth-order valence-corrected chi connectivity index (χ4v) is 1.68. The minimum Gasteiger partial charge on any atom is -0.322 e. The van der Waals surface area contributed by atoms with Crippen LogP contribution in [0.1, 0.15) is 24.0 Å². The molecule has 0 amide bonds. The molecule has 0 saturated carbocycles. The maximum Gasteiger partial charge on any atom is 0.185 e. The third-order valence-corrected chi connectivity index (χ3v) is 2.31. The number of aryl methyl sites for hydroxylation is 1. The van der Waals surface area contributed by atoms with Crippen LogP contribution in [0.2, 0.25) is 0 Å². The molecule has 2 aromatic rings. The van der Waals surface area contributed by atoms with Crippen molar-refractivity contribution in [2.24, 2.45) is 0 Å². The van der Waals surface area contributed by atoms with Gasteiger partial charge in [-0.25, -0.2) is 9.37 Å². The molecule has 0 aliphatic heterocycles. The van der Waals surface area contributed by atoms with Crippen molar-refractivity contribution >= 4 is 17.3 Å². The second kappa shape index (κ2) is 3.81. The summed E-state index contributed by atoms with van der Waals surface area (Å²) < 4.78 is 15.1. The number of fused-ring (bicyclic) bond motifs is 1. The number of halogens is 1. The Morgan fingerprint density at radius 3 is 3.00 bits per heavy atom. The normalized spacial score (nSPS) is 10.8. The van der Waals surface area contributed by atoms with Crippen LogP contribution in [0, 0.1) is 5.82 Å². The van der Waals surface area contributed by atoms with Crippen LogP contribution in [0.4, 0.5) is 4.39 Å². The van der Waals surface area contributed by atoms with Crippen LogP contribution in [0.15, 0.2) is 18.2 Å². The Labute approximate surface area is 86.5 Å². The van der Waals surface area contributed by atoms with Gasteiger partial charge >= 0.3 is 0 Å². The number of aromatic nitrogens is 2. The van der Waals surface area contributed by atoms with Gasteiger partial charge in [0.15, 0.2) is 17.9 Å². The van der Waals surface area contributed by atoms with Crippen LogP contribution in [0.25, 0.3) is 11.0 Å². The van der Waals surface area contributed by atoms with Crippen molar-refractivity contribution in [3.8, 4) is 0 Å². The second-order valence-corrected chi connectivity index (χ2v) is 3.35. The molecule has 2 rings (SSSR count). The van der Waals surface area contributed by atoms with Crippen molar-refractivity contribution < 1.29 is 9.18 Å². The van der Waals surface area contributed by atoms with Crippen LogP contribution < -0.4 is 0 Å². The molecule has 0 atom stereocenters. The van der Waals surface area contributed by atoms with Crippen LogP contribution in [0.5, 0.6) is 0 Å². The van der Waals surface area contributed by atoms with Gasteiger partial charge in [-0.2, -0.15) is 0 Å². The summed E-state index contributed by atoms with van der Waals surface area (Å²) in [6.45, 7) is 2.67. The predicted octanol–water partition coefficient (Wildman–Crippen LogP) is 2.40.